The van der Waals surface area contributed by atoms with Gasteiger partial charge in [-0.1, -0.05) is 35.5 Å². The molecule has 3 N–H and O–H groups in total. The summed E-state index contributed by atoms with van der Waals surface area (Å²) in [7, 11) is 0. The fourth-order valence-corrected chi connectivity index (χ4v) is 2.81. The molecule has 2 aromatic heterocycles. The average Bonchev–Trinajstić information content (AvgIpc) is 2.55. The van der Waals surface area contributed by atoms with Gasteiger partial charge in [0, 0.05) is 11.1 Å². The summed E-state index contributed by atoms with van der Waals surface area (Å²) >= 11 is 1.52. The van der Waals surface area contributed by atoms with E-state index in [0.717, 1.165) is 21.3 Å². The molecule has 0 saturated carbocycles. The molecule has 0 aliphatic heterocycles. The summed E-state index contributed by atoms with van der Waals surface area (Å²) in [5.74, 6) is 1.31. The fourth-order valence-electron chi connectivity index (χ4n) is 2.01. The van der Waals surface area contributed by atoms with Gasteiger partial charge in [0.15, 0.2) is 5.82 Å². The largest absolute Gasteiger partial charge is 0.394 e. The highest BCUT2D eigenvalue weighted by atomic mass is 32.2. The van der Waals surface area contributed by atoms with Gasteiger partial charge in [0.1, 0.15) is 22.9 Å². The fraction of sp³-hybridized carbons (Fsp3) is 0.118. The molecule has 1 aromatic carbocycles. The Morgan fingerprint density at radius 1 is 0.957 bits per heavy atom. The smallest absolute Gasteiger partial charge is 0.159 e. The monoisotopic (exact) mass is 323 g/mol. The predicted octanol–water partition coefficient (Wildman–Crippen LogP) is 3.97. The van der Waals surface area contributed by atoms with Crippen molar-refractivity contribution in [1.29, 1.82) is 0 Å². The molecule has 0 saturated heterocycles. The van der Waals surface area contributed by atoms with Crippen molar-refractivity contribution in [2.24, 2.45) is 0 Å². The van der Waals surface area contributed by atoms with Crippen LogP contribution in [-0.2, 0) is 0 Å². The highest BCUT2D eigenvalue weighted by Gasteiger charge is 2.11. The van der Waals surface area contributed by atoms with Crippen LogP contribution in [-0.4, -0.2) is 15.0 Å². The van der Waals surface area contributed by atoms with E-state index in [2.05, 4.69) is 51.5 Å². The van der Waals surface area contributed by atoms with E-state index in [-0.39, 0.29) is 0 Å². The molecule has 2 heterocycles. The summed E-state index contributed by atoms with van der Waals surface area (Å²) in [5, 5.41) is 3.90. The first-order valence-electron chi connectivity index (χ1n) is 7.17. The third-order valence-electron chi connectivity index (χ3n) is 3.33. The summed E-state index contributed by atoms with van der Waals surface area (Å²) in [6, 6.07) is 12.1. The van der Waals surface area contributed by atoms with Gasteiger partial charge in [-0.25, -0.2) is 15.0 Å². The second kappa shape index (κ2) is 6.66. The third-order valence-corrected chi connectivity index (χ3v) is 4.36. The number of hydrogen-bond donors (Lipinski definition) is 2. The van der Waals surface area contributed by atoms with E-state index in [4.69, 9.17) is 5.73 Å². The maximum absolute atomic E-state index is 6.22. The molecule has 0 radical (unpaired) electrons. The SMILES string of the molecule is Cc1ccc(Sc2ncnc(Nc3ncccc3C)c2N)cc1. The van der Waals surface area contributed by atoms with Gasteiger partial charge in [0.05, 0.1) is 0 Å². The number of benzene rings is 1. The van der Waals surface area contributed by atoms with Crippen LogP contribution in [0.1, 0.15) is 11.1 Å². The number of hydrogen-bond acceptors (Lipinski definition) is 6. The molecule has 0 aliphatic rings. The lowest BCUT2D eigenvalue weighted by Crippen LogP contribution is -2.04. The van der Waals surface area contributed by atoms with Crippen molar-refractivity contribution in [3.8, 4) is 0 Å². The number of nitrogens with two attached hydrogens (primary N) is 1. The number of pyridine rings is 1. The lowest BCUT2D eigenvalue weighted by molar-refractivity contribution is 1.05. The molecule has 0 aliphatic carbocycles. The van der Waals surface area contributed by atoms with Crippen LogP contribution < -0.4 is 11.1 Å². The summed E-state index contributed by atoms with van der Waals surface area (Å²) in [6.07, 6.45) is 3.24. The van der Waals surface area contributed by atoms with Crippen molar-refractivity contribution in [2.45, 2.75) is 23.8 Å². The zero-order chi connectivity index (χ0) is 16.2. The van der Waals surface area contributed by atoms with Crippen LogP contribution in [0.5, 0.6) is 0 Å². The Balaban J connectivity index is 1.86. The number of anilines is 3. The molecule has 3 rings (SSSR count). The van der Waals surface area contributed by atoms with Crippen molar-refractivity contribution < 1.29 is 0 Å². The van der Waals surface area contributed by atoms with Crippen LogP contribution in [0.25, 0.3) is 0 Å². The first-order chi connectivity index (χ1) is 11.1. The van der Waals surface area contributed by atoms with Crippen molar-refractivity contribution in [3.63, 3.8) is 0 Å². The van der Waals surface area contributed by atoms with E-state index in [0.29, 0.717) is 11.5 Å². The maximum Gasteiger partial charge on any atom is 0.159 e. The van der Waals surface area contributed by atoms with Gasteiger partial charge in [-0.2, -0.15) is 0 Å². The summed E-state index contributed by atoms with van der Waals surface area (Å²) in [4.78, 5) is 13.9. The molecule has 116 valence electrons. The van der Waals surface area contributed by atoms with Crippen molar-refractivity contribution in [3.05, 3.63) is 60.0 Å². The van der Waals surface area contributed by atoms with Crippen LogP contribution in [0.15, 0.2) is 58.8 Å². The van der Waals surface area contributed by atoms with Crippen molar-refractivity contribution >= 4 is 29.1 Å². The molecule has 5 nitrogen and oxygen atoms in total. The number of rotatable bonds is 4. The van der Waals surface area contributed by atoms with Crippen molar-refractivity contribution in [1.82, 2.24) is 15.0 Å². The Labute approximate surface area is 139 Å². The lowest BCUT2D eigenvalue weighted by Gasteiger charge is -2.11. The molecule has 0 atom stereocenters. The molecule has 0 bridgehead atoms. The minimum absolute atomic E-state index is 0.517. The first-order valence-corrected chi connectivity index (χ1v) is 7.99. The second-order valence-electron chi connectivity index (χ2n) is 5.15. The Bertz CT molecular complexity index is 817. The van der Waals surface area contributed by atoms with E-state index in [9.17, 15) is 0 Å². The standard InChI is InChI=1S/C17H17N5S/c1-11-5-7-13(8-6-11)23-17-14(18)16(20-10-21-17)22-15-12(2)4-3-9-19-15/h3-10H,18H2,1-2H3,(H,19,20,21,22). The van der Waals surface area contributed by atoms with Gasteiger partial charge in [0.2, 0.25) is 0 Å². The van der Waals surface area contributed by atoms with Crippen molar-refractivity contribution in [2.75, 3.05) is 11.1 Å². The van der Waals surface area contributed by atoms with Crippen LogP contribution >= 0.6 is 11.8 Å². The molecule has 0 unspecified atom stereocenters. The molecule has 6 heteroatoms. The van der Waals surface area contributed by atoms with E-state index in [1.165, 1.54) is 23.7 Å². The Hall–Kier alpha value is -2.60. The van der Waals surface area contributed by atoms with Gasteiger partial charge in [-0.3, -0.25) is 0 Å². The van der Waals surface area contributed by atoms with E-state index in [1.54, 1.807) is 6.20 Å². The third kappa shape index (κ3) is 3.60. The molecular weight excluding hydrogens is 306 g/mol. The van der Waals surface area contributed by atoms with Gasteiger partial charge < -0.3 is 11.1 Å². The van der Waals surface area contributed by atoms with Gasteiger partial charge in [-0.15, -0.1) is 0 Å². The van der Waals surface area contributed by atoms with E-state index in [1.807, 2.05) is 19.1 Å². The Kier molecular flexibility index (Phi) is 4.43. The maximum atomic E-state index is 6.22. The molecular formula is C17H17N5S. The van der Waals surface area contributed by atoms with E-state index >= 15 is 0 Å². The first kappa shape index (κ1) is 15.3. The van der Waals surface area contributed by atoms with Gasteiger partial charge >= 0.3 is 0 Å². The van der Waals surface area contributed by atoms with Crippen LogP contribution in [0.3, 0.4) is 0 Å². The van der Waals surface area contributed by atoms with E-state index < -0.39 is 0 Å². The van der Waals surface area contributed by atoms with Gasteiger partial charge in [-0.05, 0) is 37.6 Å². The summed E-state index contributed by atoms with van der Waals surface area (Å²) in [5.41, 5.74) is 8.99. The van der Waals surface area contributed by atoms with Gasteiger partial charge in [0.25, 0.3) is 0 Å². The number of nitrogens with one attached hydrogen (secondary N) is 1. The highest BCUT2D eigenvalue weighted by Crippen LogP contribution is 2.34. The second-order valence-corrected chi connectivity index (χ2v) is 6.21. The lowest BCUT2D eigenvalue weighted by atomic mass is 10.2. The molecule has 23 heavy (non-hydrogen) atoms. The number of nitrogens with zero attached hydrogens (tertiary/aromatic N) is 3. The Morgan fingerprint density at radius 2 is 1.74 bits per heavy atom. The summed E-state index contributed by atoms with van der Waals surface area (Å²) in [6.45, 7) is 4.04. The molecule has 0 amide bonds. The Morgan fingerprint density at radius 3 is 2.48 bits per heavy atom. The zero-order valence-corrected chi connectivity index (χ0v) is 13.8. The highest BCUT2D eigenvalue weighted by molar-refractivity contribution is 7.99. The summed E-state index contributed by atoms with van der Waals surface area (Å²) < 4.78 is 0. The number of nitrogen functional groups attached to an aromatic ring is 1. The minimum atomic E-state index is 0.517. The van der Waals surface area contributed by atoms with Crippen LogP contribution in [0.2, 0.25) is 0 Å². The topological polar surface area (TPSA) is 76.7 Å². The predicted molar refractivity (Wildman–Crippen MR) is 94.0 cm³/mol. The average molecular weight is 323 g/mol. The molecule has 0 spiro atoms. The molecule has 3 aromatic rings. The molecule has 0 fully saturated rings. The van der Waals surface area contributed by atoms with Crippen LogP contribution in [0.4, 0.5) is 17.3 Å². The van der Waals surface area contributed by atoms with Crippen LogP contribution in [0, 0.1) is 13.8 Å². The number of aromatic nitrogens is 3. The minimum Gasteiger partial charge on any atom is -0.394 e. The number of aryl methyl sites for hydroxylation is 2. The quantitative estimate of drug-likeness (QED) is 0.708. The zero-order valence-electron chi connectivity index (χ0n) is 12.9. The normalized spacial score (nSPS) is 10.5.